The fraction of sp³-hybridized carbons (Fsp3) is 0.467. The first-order valence-electron chi connectivity index (χ1n) is 14.1. The molecule has 0 unspecified atom stereocenters. The highest BCUT2D eigenvalue weighted by Gasteiger charge is 2.45. The maximum Gasteiger partial charge on any atom is 0.433 e. The van der Waals surface area contributed by atoms with Crippen LogP contribution in [0.5, 0.6) is 0 Å². The molecule has 2 saturated carbocycles. The van der Waals surface area contributed by atoms with E-state index < -0.39 is 28.2 Å². The number of nitriles is 1. The van der Waals surface area contributed by atoms with Crippen LogP contribution in [0.3, 0.4) is 0 Å². The lowest BCUT2D eigenvalue weighted by Crippen LogP contribution is -2.40. The van der Waals surface area contributed by atoms with Crippen LogP contribution in [0.1, 0.15) is 50.6 Å². The highest BCUT2D eigenvalue weighted by atomic mass is 32.2. The smallest absolute Gasteiger partial charge is 0.370 e. The highest BCUT2D eigenvalue weighted by molar-refractivity contribution is 7.85. The van der Waals surface area contributed by atoms with E-state index in [0.29, 0.717) is 22.1 Å². The molecule has 3 aromatic rings. The van der Waals surface area contributed by atoms with Gasteiger partial charge in [-0.25, -0.2) is 4.98 Å². The molecule has 1 aromatic carbocycles. The molecule has 0 atom stereocenters. The summed E-state index contributed by atoms with van der Waals surface area (Å²) >= 11 is 1.41. The third-order valence-electron chi connectivity index (χ3n) is 7.80. The minimum absolute atomic E-state index is 0.115. The summed E-state index contributed by atoms with van der Waals surface area (Å²) in [5, 5.41) is 12.3. The van der Waals surface area contributed by atoms with E-state index >= 15 is 0 Å². The fourth-order valence-corrected chi connectivity index (χ4v) is 7.02. The predicted octanol–water partition coefficient (Wildman–Crippen LogP) is 6.20. The number of nitrogens with one attached hydrogen (secondary N) is 1. The molecule has 2 aromatic heterocycles. The number of thiazole rings is 1. The number of alkyl halides is 3. The Hall–Kier alpha value is -3.30. The van der Waals surface area contributed by atoms with Gasteiger partial charge in [0.05, 0.1) is 10.9 Å². The van der Waals surface area contributed by atoms with Gasteiger partial charge in [-0.3, -0.25) is 14.0 Å². The van der Waals surface area contributed by atoms with Crippen molar-refractivity contribution in [2.45, 2.75) is 56.7 Å². The molecule has 1 N–H and O–H groups in total. The Morgan fingerprint density at radius 1 is 1.00 bits per heavy atom. The number of hydrogen-bond acceptors (Lipinski definition) is 7. The summed E-state index contributed by atoms with van der Waals surface area (Å²) in [5.41, 5.74) is 1.26. The number of carbonyl (C=O) groups excluding carboxylic acids is 1. The summed E-state index contributed by atoms with van der Waals surface area (Å²) in [6.07, 6.45) is 5.75. The van der Waals surface area contributed by atoms with Crippen molar-refractivity contribution in [2.75, 3.05) is 29.5 Å². The number of halogens is 3. The summed E-state index contributed by atoms with van der Waals surface area (Å²) in [4.78, 5) is 22.7. The van der Waals surface area contributed by atoms with E-state index in [1.807, 2.05) is 24.3 Å². The van der Waals surface area contributed by atoms with Gasteiger partial charge in [0.25, 0.3) is 0 Å². The quantitative estimate of drug-likeness (QED) is 0.367. The molecular weight excluding hydrogens is 583 g/mol. The predicted molar refractivity (Wildman–Crippen MR) is 158 cm³/mol. The van der Waals surface area contributed by atoms with Gasteiger partial charge in [-0.1, -0.05) is 31.4 Å². The minimum atomic E-state index is -4.45. The number of benzene rings is 1. The molecule has 1 aliphatic heterocycles. The minimum Gasteiger partial charge on any atom is -0.370 e. The van der Waals surface area contributed by atoms with Gasteiger partial charge in [0.2, 0.25) is 5.91 Å². The maximum absolute atomic E-state index is 12.6. The molecule has 0 spiro atoms. The molecule has 2 aliphatic carbocycles. The van der Waals surface area contributed by atoms with Crippen molar-refractivity contribution in [3.63, 3.8) is 0 Å². The van der Waals surface area contributed by atoms with Gasteiger partial charge >= 0.3 is 6.18 Å². The largest absolute Gasteiger partial charge is 0.433 e. The number of rotatable bonds is 5. The van der Waals surface area contributed by atoms with Crippen LogP contribution < -0.4 is 10.2 Å². The van der Waals surface area contributed by atoms with Gasteiger partial charge in [-0.05, 0) is 55.5 Å². The van der Waals surface area contributed by atoms with Crippen LogP contribution in [-0.4, -0.2) is 50.2 Å². The third-order valence-corrected chi connectivity index (χ3v) is 10.2. The Kier molecular flexibility index (Phi) is 9.28. The lowest BCUT2D eigenvalue weighted by atomic mass is 9.88. The van der Waals surface area contributed by atoms with Gasteiger partial charge in [-0.15, -0.1) is 11.3 Å². The van der Waals surface area contributed by atoms with Crippen molar-refractivity contribution in [3.05, 3.63) is 54.5 Å². The Labute approximate surface area is 249 Å². The second kappa shape index (κ2) is 12.9. The van der Waals surface area contributed by atoms with Gasteiger partial charge in [0.1, 0.15) is 16.2 Å². The fourth-order valence-electron chi connectivity index (χ4n) is 5.05. The normalized spacial score (nSPS) is 18.9. The maximum atomic E-state index is 12.6. The molecule has 3 heterocycles. The van der Waals surface area contributed by atoms with Crippen LogP contribution >= 0.6 is 11.3 Å². The van der Waals surface area contributed by atoms with Crippen LogP contribution in [-0.2, 0) is 21.8 Å². The molecule has 1 saturated heterocycles. The Balaban J connectivity index is 0.000000211. The first kappa shape index (κ1) is 30.2. The first-order valence-corrected chi connectivity index (χ1v) is 16.4. The van der Waals surface area contributed by atoms with E-state index in [1.54, 1.807) is 6.20 Å². The average molecular weight is 616 g/mol. The van der Waals surface area contributed by atoms with Crippen molar-refractivity contribution in [3.8, 4) is 27.1 Å². The van der Waals surface area contributed by atoms with Crippen LogP contribution in [0.4, 0.5) is 18.9 Å². The molecule has 1 amide bonds. The van der Waals surface area contributed by atoms with Crippen LogP contribution in [0.25, 0.3) is 21.0 Å². The van der Waals surface area contributed by atoms with Gasteiger partial charge in [0.15, 0.2) is 0 Å². The molecular formula is C30H32F3N5O2S2. The van der Waals surface area contributed by atoms with Crippen molar-refractivity contribution in [1.29, 1.82) is 5.26 Å². The number of pyridine rings is 1. The number of hydrogen-bond donors (Lipinski definition) is 1. The van der Waals surface area contributed by atoms with E-state index in [2.05, 4.69) is 26.3 Å². The van der Waals surface area contributed by atoms with Gasteiger partial charge in [0, 0.05) is 65.0 Å². The second-order valence-electron chi connectivity index (χ2n) is 10.9. The van der Waals surface area contributed by atoms with E-state index in [4.69, 9.17) is 5.26 Å². The number of aromatic nitrogens is 2. The van der Waals surface area contributed by atoms with E-state index in [0.717, 1.165) is 73.8 Å². The molecule has 3 fully saturated rings. The molecule has 3 aliphatic rings. The molecule has 0 bridgehead atoms. The highest BCUT2D eigenvalue weighted by Crippen LogP contribution is 2.36. The lowest BCUT2D eigenvalue weighted by Gasteiger charge is -2.28. The molecule has 222 valence electrons. The molecule has 12 heteroatoms. The Morgan fingerprint density at radius 2 is 1.67 bits per heavy atom. The van der Waals surface area contributed by atoms with Crippen molar-refractivity contribution < 1.29 is 22.2 Å². The number of nitrogens with zero attached hydrogens (tertiary/aromatic N) is 4. The van der Waals surface area contributed by atoms with Gasteiger partial charge in [-0.2, -0.15) is 18.4 Å². The SMILES string of the molecule is N#CC1(NC(=O)C2CCCCC2)CC1.O=S1CCN(c2ccc(-c3cnc(-c4ccc(C(F)(F)F)nc4)s3)cc2)CC1. The standard InChI is InChI=1S/C19H16F3N3OS2.C11H16N2O/c20-19(21,22)17-6-3-14(11-23-17)18-24-12-16(27-18)13-1-4-15(5-2-13)25-7-9-28(26)10-8-25;12-8-11(6-7-11)13-10(14)9-4-2-1-3-5-9/h1-6,11-12H,7-10H2;9H,1-7H2,(H,13,14). The lowest BCUT2D eigenvalue weighted by molar-refractivity contribution is -0.141. The molecule has 7 nitrogen and oxygen atoms in total. The summed E-state index contributed by atoms with van der Waals surface area (Å²) in [6, 6.07) is 12.6. The summed E-state index contributed by atoms with van der Waals surface area (Å²) < 4.78 is 49.4. The zero-order valence-corrected chi connectivity index (χ0v) is 24.7. The molecule has 42 heavy (non-hydrogen) atoms. The number of carbonyl (C=O) groups is 1. The number of amides is 1. The van der Waals surface area contributed by atoms with Crippen LogP contribution in [0.15, 0.2) is 48.8 Å². The molecule has 6 rings (SSSR count). The second-order valence-corrected chi connectivity index (χ2v) is 13.6. The van der Waals surface area contributed by atoms with Crippen molar-refractivity contribution >= 4 is 33.7 Å². The first-order chi connectivity index (χ1) is 20.2. The van der Waals surface area contributed by atoms with Crippen molar-refractivity contribution in [1.82, 2.24) is 15.3 Å². The average Bonchev–Trinajstić information content (AvgIpc) is 3.61. The topological polar surface area (TPSA) is 99.0 Å². The third kappa shape index (κ3) is 7.55. The zero-order valence-electron chi connectivity index (χ0n) is 23.0. The van der Waals surface area contributed by atoms with E-state index in [1.165, 1.54) is 30.0 Å². The molecule has 0 radical (unpaired) electrons. The monoisotopic (exact) mass is 615 g/mol. The van der Waals surface area contributed by atoms with E-state index in [-0.39, 0.29) is 11.8 Å². The van der Waals surface area contributed by atoms with E-state index in [9.17, 15) is 22.2 Å². The van der Waals surface area contributed by atoms with Crippen LogP contribution in [0, 0.1) is 17.2 Å². The number of anilines is 1. The Morgan fingerprint density at radius 3 is 2.24 bits per heavy atom. The summed E-state index contributed by atoms with van der Waals surface area (Å²) in [5.74, 6) is 1.68. The van der Waals surface area contributed by atoms with Crippen LogP contribution in [0.2, 0.25) is 0 Å². The summed E-state index contributed by atoms with van der Waals surface area (Å²) in [7, 11) is -0.707. The Bertz CT molecular complexity index is 1430. The van der Waals surface area contributed by atoms with Gasteiger partial charge < -0.3 is 10.2 Å². The zero-order chi connectivity index (χ0) is 29.7. The summed E-state index contributed by atoms with van der Waals surface area (Å²) in [6.45, 7) is 1.58. The van der Waals surface area contributed by atoms with Crippen molar-refractivity contribution in [2.24, 2.45) is 5.92 Å².